The van der Waals surface area contributed by atoms with Crippen molar-refractivity contribution < 1.29 is 22.4 Å². The first-order chi connectivity index (χ1) is 13.3. The van der Waals surface area contributed by atoms with Crippen molar-refractivity contribution in [3.05, 3.63) is 35.9 Å². The van der Waals surface area contributed by atoms with E-state index in [1.54, 1.807) is 37.6 Å². The van der Waals surface area contributed by atoms with E-state index in [1.807, 2.05) is 0 Å². The van der Waals surface area contributed by atoms with E-state index in [9.17, 15) is 22.4 Å². The maximum absolute atomic E-state index is 12.9. The lowest BCUT2D eigenvalue weighted by Gasteiger charge is -2.19. The van der Waals surface area contributed by atoms with Gasteiger partial charge in [-0.05, 0) is 24.8 Å². The molecule has 2 aromatic heterocycles. The average molecular weight is 439 g/mol. The third-order valence-electron chi connectivity index (χ3n) is 3.83. The lowest BCUT2D eigenvalue weighted by molar-refractivity contribution is -0.129. The minimum Gasteiger partial charge on any atom is -0.308 e. The number of halogens is 5. The standard InChI is InChI=1S/C17H19ClF4N4OS/c1-2-25(14(27)5-8-28-9-6-17(21,22)16(19)20)13-11-26(24-15(13)18)12-4-3-7-23-10-12/h3-4,7,10-11,16H,2,5-6,8-9H2,1H3. The number of anilines is 1. The molecule has 0 atom stereocenters. The molecule has 0 N–H and O–H groups in total. The molecule has 2 aromatic rings. The molecule has 11 heteroatoms. The van der Waals surface area contributed by atoms with E-state index in [1.165, 1.54) is 9.58 Å². The Kier molecular flexibility index (Phi) is 8.11. The van der Waals surface area contributed by atoms with Gasteiger partial charge in [-0.3, -0.25) is 9.78 Å². The maximum Gasteiger partial charge on any atom is 0.308 e. The molecular formula is C17H19ClF4N4OS. The molecule has 0 aliphatic heterocycles. The van der Waals surface area contributed by atoms with Crippen LogP contribution in [0, 0.1) is 0 Å². The number of aromatic nitrogens is 3. The smallest absolute Gasteiger partial charge is 0.308 e. The van der Waals surface area contributed by atoms with Gasteiger partial charge in [0.2, 0.25) is 5.91 Å². The summed E-state index contributed by atoms with van der Waals surface area (Å²) in [4.78, 5) is 17.9. The quantitative estimate of drug-likeness (QED) is 0.399. The summed E-state index contributed by atoms with van der Waals surface area (Å²) >= 11 is 7.20. The average Bonchev–Trinajstić information content (AvgIpc) is 3.04. The van der Waals surface area contributed by atoms with E-state index < -0.39 is 18.8 Å². The van der Waals surface area contributed by atoms with Gasteiger partial charge in [0, 0.05) is 31.3 Å². The third-order valence-corrected chi connectivity index (χ3v) is 5.08. The lowest BCUT2D eigenvalue weighted by Crippen LogP contribution is -2.31. The number of rotatable bonds is 10. The number of hydrogen-bond donors (Lipinski definition) is 0. The SMILES string of the molecule is CCN(C(=O)CCSCCC(F)(F)C(F)F)c1cn(-c2cccnc2)nc1Cl. The molecule has 1 amide bonds. The Morgan fingerprint density at radius 2 is 2.14 bits per heavy atom. The van der Waals surface area contributed by atoms with Gasteiger partial charge in [-0.15, -0.1) is 0 Å². The Hall–Kier alpha value is -1.81. The summed E-state index contributed by atoms with van der Waals surface area (Å²) in [6.45, 7) is 2.11. The normalized spacial score (nSPS) is 11.8. The predicted molar refractivity (Wildman–Crippen MR) is 102 cm³/mol. The van der Waals surface area contributed by atoms with Gasteiger partial charge < -0.3 is 4.90 Å². The fourth-order valence-electron chi connectivity index (χ4n) is 2.34. The van der Waals surface area contributed by atoms with Crippen LogP contribution >= 0.6 is 23.4 Å². The second-order valence-corrected chi connectivity index (χ2v) is 7.36. The van der Waals surface area contributed by atoms with Crippen LogP contribution in [0.1, 0.15) is 19.8 Å². The molecule has 0 spiro atoms. The molecule has 5 nitrogen and oxygen atoms in total. The van der Waals surface area contributed by atoms with Crippen LogP contribution in [0.4, 0.5) is 23.2 Å². The van der Waals surface area contributed by atoms with Crippen LogP contribution in [-0.2, 0) is 4.79 Å². The molecule has 0 aromatic carbocycles. The van der Waals surface area contributed by atoms with E-state index >= 15 is 0 Å². The molecule has 0 aliphatic carbocycles. The summed E-state index contributed by atoms with van der Waals surface area (Å²) < 4.78 is 51.4. The van der Waals surface area contributed by atoms with Crippen molar-refractivity contribution in [2.45, 2.75) is 32.1 Å². The van der Waals surface area contributed by atoms with Crippen LogP contribution in [0.15, 0.2) is 30.7 Å². The van der Waals surface area contributed by atoms with Gasteiger partial charge >= 0.3 is 12.3 Å². The molecule has 0 saturated carbocycles. The number of carbonyl (C=O) groups excluding carboxylic acids is 1. The summed E-state index contributed by atoms with van der Waals surface area (Å²) in [5.41, 5.74) is 1.10. The zero-order valence-electron chi connectivity index (χ0n) is 15.0. The molecule has 0 radical (unpaired) electrons. The van der Waals surface area contributed by atoms with Crippen LogP contribution < -0.4 is 4.90 Å². The maximum atomic E-state index is 12.9. The van der Waals surface area contributed by atoms with Crippen molar-refractivity contribution in [2.24, 2.45) is 0 Å². The second kappa shape index (κ2) is 10.1. The van der Waals surface area contributed by atoms with Gasteiger partial charge in [-0.1, -0.05) is 11.6 Å². The first-order valence-electron chi connectivity index (χ1n) is 8.46. The van der Waals surface area contributed by atoms with E-state index in [-0.39, 0.29) is 29.0 Å². The molecule has 0 bridgehead atoms. The zero-order chi connectivity index (χ0) is 20.7. The highest BCUT2D eigenvalue weighted by Gasteiger charge is 2.39. The van der Waals surface area contributed by atoms with Gasteiger partial charge in [0.25, 0.3) is 0 Å². The van der Waals surface area contributed by atoms with E-state index in [2.05, 4.69) is 10.1 Å². The number of nitrogens with zero attached hydrogens (tertiary/aromatic N) is 4. The first-order valence-corrected chi connectivity index (χ1v) is 9.99. The van der Waals surface area contributed by atoms with Crippen molar-refractivity contribution in [2.75, 3.05) is 23.0 Å². The monoisotopic (exact) mass is 438 g/mol. The predicted octanol–water partition coefficient (Wildman–Crippen LogP) is 4.69. The highest BCUT2D eigenvalue weighted by atomic mass is 35.5. The molecule has 2 heterocycles. The van der Waals surface area contributed by atoms with Crippen molar-refractivity contribution in [3.63, 3.8) is 0 Å². The fraction of sp³-hybridized carbons (Fsp3) is 0.471. The number of pyridine rings is 1. The summed E-state index contributed by atoms with van der Waals surface area (Å²) in [5.74, 6) is -4.18. The van der Waals surface area contributed by atoms with Gasteiger partial charge in [0.05, 0.1) is 18.1 Å². The fourth-order valence-corrected chi connectivity index (χ4v) is 3.51. The lowest BCUT2D eigenvalue weighted by atomic mass is 10.3. The van der Waals surface area contributed by atoms with Gasteiger partial charge in [0.15, 0.2) is 5.15 Å². The number of alkyl halides is 4. The highest BCUT2D eigenvalue weighted by Crippen LogP contribution is 2.29. The number of thioether (sulfide) groups is 1. The zero-order valence-corrected chi connectivity index (χ0v) is 16.6. The minimum absolute atomic E-state index is 0.0627. The molecule has 2 rings (SSSR count). The van der Waals surface area contributed by atoms with E-state index in [0.717, 1.165) is 11.8 Å². The van der Waals surface area contributed by atoms with Gasteiger partial charge in [-0.2, -0.15) is 16.9 Å². The van der Waals surface area contributed by atoms with Gasteiger partial charge in [-0.25, -0.2) is 22.2 Å². The molecule has 0 aliphatic rings. The highest BCUT2D eigenvalue weighted by molar-refractivity contribution is 7.99. The van der Waals surface area contributed by atoms with Crippen LogP contribution in [0.2, 0.25) is 5.15 Å². The van der Waals surface area contributed by atoms with E-state index in [0.29, 0.717) is 17.9 Å². The molecule has 0 unspecified atom stereocenters. The van der Waals surface area contributed by atoms with E-state index in [4.69, 9.17) is 11.6 Å². The summed E-state index contributed by atoms with van der Waals surface area (Å²) in [7, 11) is 0. The largest absolute Gasteiger partial charge is 0.308 e. The van der Waals surface area contributed by atoms with Crippen LogP contribution in [0.3, 0.4) is 0 Å². The summed E-state index contributed by atoms with van der Waals surface area (Å²) in [6.07, 6.45) is 0.280. The Morgan fingerprint density at radius 3 is 2.75 bits per heavy atom. The molecular weight excluding hydrogens is 420 g/mol. The topological polar surface area (TPSA) is 51.0 Å². The van der Waals surface area contributed by atoms with Gasteiger partial charge in [0.1, 0.15) is 5.69 Å². The first kappa shape index (κ1) is 22.5. The number of amides is 1. The van der Waals surface area contributed by atoms with Crippen molar-refractivity contribution in [1.29, 1.82) is 0 Å². The van der Waals surface area contributed by atoms with Crippen LogP contribution in [-0.4, -0.2) is 51.1 Å². The van der Waals surface area contributed by atoms with Crippen molar-refractivity contribution in [3.8, 4) is 5.69 Å². The Balaban J connectivity index is 1.92. The van der Waals surface area contributed by atoms with Crippen LogP contribution in [0.25, 0.3) is 5.69 Å². The Bertz CT molecular complexity index is 776. The molecule has 0 saturated heterocycles. The Labute approximate surface area is 169 Å². The number of carbonyl (C=O) groups is 1. The van der Waals surface area contributed by atoms with Crippen molar-refractivity contribution >= 4 is 35.0 Å². The summed E-state index contributed by atoms with van der Waals surface area (Å²) in [6, 6.07) is 3.52. The number of hydrogen-bond acceptors (Lipinski definition) is 4. The third kappa shape index (κ3) is 5.84. The molecule has 0 fully saturated rings. The van der Waals surface area contributed by atoms with Crippen LogP contribution in [0.5, 0.6) is 0 Å². The molecule has 154 valence electrons. The minimum atomic E-state index is -4.00. The summed E-state index contributed by atoms with van der Waals surface area (Å²) in [5, 5.41) is 4.32. The second-order valence-electron chi connectivity index (χ2n) is 5.77. The Morgan fingerprint density at radius 1 is 1.39 bits per heavy atom. The van der Waals surface area contributed by atoms with Crippen molar-refractivity contribution in [1.82, 2.24) is 14.8 Å². The molecule has 28 heavy (non-hydrogen) atoms.